The number of para-hydroxylation sites is 1. The van der Waals surface area contributed by atoms with Gasteiger partial charge in [0, 0.05) is 5.69 Å². The molecule has 0 unspecified atom stereocenters. The fourth-order valence-corrected chi connectivity index (χ4v) is 2.30. The van der Waals surface area contributed by atoms with Gasteiger partial charge in [0.05, 0.1) is 6.61 Å². The van der Waals surface area contributed by atoms with E-state index in [1.54, 1.807) is 0 Å². The van der Waals surface area contributed by atoms with E-state index in [2.05, 4.69) is 15.5 Å². The van der Waals surface area contributed by atoms with Crippen LogP contribution in [0.4, 0.5) is 10.8 Å². The minimum Gasteiger partial charge on any atom is -0.394 e. The van der Waals surface area contributed by atoms with Gasteiger partial charge in [0.2, 0.25) is 5.13 Å². The zero-order chi connectivity index (χ0) is 14.5. The van der Waals surface area contributed by atoms with E-state index in [0.29, 0.717) is 5.13 Å². The summed E-state index contributed by atoms with van der Waals surface area (Å²) in [6.45, 7) is -0.647. The second-order valence-electron chi connectivity index (χ2n) is 4.12. The van der Waals surface area contributed by atoms with Gasteiger partial charge < -0.3 is 25.7 Å². The van der Waals surface area contributed by atoms with Crippen molar-refractivity contribution in [2.24, 2.45) is 0 Å². The molecular formula is C12H15N3O4S. The summed E-state index contributed by atoms with van der Waals surface area (Å²) in [5, 5.41) is 48.6. The smallest absolute Gasteiger partial charge is 0.210 e. The van der Waals surface area contributed by atoms with Gasteiger partial charge in [0.15, 0.2) is 5.01 Å². The van der Waals surface area contributed by atoms with Crippen LogP contribution in [0.1, 0.15) is 11.1 Å². The number of aliphatic hydroxyl groups excluding tert-OH is 4. The Hall–Kier alpha value is -1.58. The number of hydrogen-bond donors (Lipinski definition) is 5. The van der Waals surface area contributed by atoms with Gasteiger partial charge in [-0.05, 0) is 12.1 Å². The number of hydrogen-bond acceptors (Lipinski definition) is 8. The third-order valence-corrected chi connectivity index (χ3v) is 3.53. The molecule has 2 aromatic rings. The molecule has 0 saturated heterocycles. The molecule has 0 aliphatic carbocycles. The highest BCUT2D eigenvalue weighted by molar-refractivity contribution is 7.15. The van der Waals surface area contributed by atoms with E-state index in [9.17, 15) is 15.3 Å². The van der Waals surface area contributed by atoms with Crippen molar-refractivity contribution in [2.45, 2.75) is 18.3 Å². The van der Waals surface area contributed by atoms with Gasteiger partial charge >= 0.3 is 0 Å². The van der Waals surface area contributed by atoms with Crippen LogP contribution < -0.4 is 5.32 Å². The Bertz CT molecular complexity index is 537. The second kappa shape index (κ2) is 6.73. The van der Waals surface area contributed by atoms with E-state index in [1.807, 2.05) is 30.3 Å². The van der Waals surface area contributed by atoms with Gasteiger partial charge in [-0.3, -0.25) is 0 Å². The molecule has 0 radical (unpaired) electrons. The Kier molecular flexibility index (Phi) is 4.99. The molecule has 0 bridgehead atoms. The number of aliphatic hydroxyl groups is 4. The maximum atomic E-state index is 9.83. The normalized spacial score (nSPS) is 15.6. The second-order valence-corrected chi connectivity index (χ2v) is 5.13. The molecule has 2 rings (SSSR count). The Labute approximate surface area is 119 Å². The Morgan fingerprint density at radius 2 is 1.80 bits per heavy atom. The minimum absolute atomic E-state index is 0.156. The predicted octanol–water partition coefficient (Wildman–Crippen LogP) is 0.0292. The van der Waals surface area contributed by atoms with Gasteiger partial charge in [0.25, 0.3) is 0 Å². The number of benzene rings is 1. The maximum Gasteiger partial charge on any atom is 0.210 e. The van der Waals surface area contributed by atoms with Gasteiger partial charge in [0.1, 0.15) is 18.3 Å². The lowest BCUT2D eigenvalue weighted by atomic mass is 10.1. The molecule has 20 heavy (non-hydrogen) atoms. The maximum absolute atomic E-state index is 9.83. The quantitative estimate of drug-likeness (QED) is 0.510. The highest BCUT2D eigenvalue weighted by Gasteiger charge is 2.28. The van der Waals surface area contributed by atoms with Crippen LogP contribution in [-0.4, -0.2) is 49.4 Å². The molecule has 108 valence electrons. The summed E-state index contributed by atoms with van der Waals surface area (Å²) in [5.41, 5.74) is 0.820. The van der Waals surface area contributed by atoms with Gasteiger partial charge in [-0.1, -0.05) is 29.5 Å². The number of anilines is 2. The summed E-state index contributed by atoms with van der Waals surface area (Å²) in [6, 6.07) is 9.30. The average Bonchev–Trinajstić information content (AvgIpc) is 2.94. The van der Waals surface area contributed by atoms with Crippen molar-refractivity contribution in [3.63, 3.8) is 0 Å². The van der Waals surface area contributed by atoms with Crippen LogP contribution in [0.15, 0.2) is 30.3 Å². The summed E-state index contributed by atoms with van der Waals surface area (Å²) in [5.74, 6) is 0. The topological polar surface area (TPSA) is 119 Å². The van der Waals surface area contributed by atoms with E-state index in [4.69, 9.17) is 5.11 Å². The standard InChI is InChI=1S/C12H15N3O4S/c16-6-8(17)9(18)10(19)11-14-15-12(20-11)13-7-4-2-1-3-5-7/h1-5,8-10,16-19H,6H2,(H,13,15)/t8-,9-,10+/m1/s1. The SMILES string of the molecule is OC[C@@H](O)[C@@H](O)[C@H](O)c1nnc(Nc2ccccc2)s1. The molecule has 0 aliphatic rings. The molecule has 0 fully saturated rings. The van der Waals surface area contributed by atoms with Crippen LogP contribution in [0, 0.1) is 0 Å². The number of nitrogens with one attached hydrogen (secondary N) is 1. The van der Waals surface area contributed by atoms with Crippen molar-refractivity contribution >= 4 is 22.2 Å². The van der Waals surface area contributed by atoms with Crippen LogP contribution >= 0.6 is 11.3 Å². The van der Waals surface area contributed by atoms with Crippen molar-refractivity contribution < 1.29 is 20.4 Å². The van der Waals surface area contributed by atoms with Crippen LogP contribution in [0.2, 0.25) is 0 Å². The van der Waals surface area contributed by atoms with E-state index < -0.39 is 24.9 Å². The fraction of sp³-hybridized carbons (Fsp3) is 0.333. The van der Waals surface area contributed by atoms with Crippen molar-refractivity contribution in [1.29, 1.82) is 0 Å². The lowest BCUT2D eigenvalue weighted by molar-refractivity contribution is -0.0778. The van der Waals surface area contributed by atoms with Gasteiger partial charge in [-0.2, -0.15) is 0 Å². The zero-order valence-electron chi connectivity index (χ0n) is 10.4. The van der Waals surface area contributed by atoms with Gasteiger partial charge in [-0.25, -0.2) is 0 Å². The largest absolute Gasteiger partial charge is 0.394 e. The van der Waals surface area contributed by atoms with Crippen LogP contribution in [0.3, 0.4) is 0 Å². The summed E-state index contributed by atoms with van der Waals surface area (Å²) >= 11 is 1.06. The molecule has 1 heterocycles. The first-order valence-electron chi connectivity index (χ1n) is 5.92. The van der Waals surface area contributed by atoms with Crippen molar-refractivity contribution in [3.8, 4) is 0 Å². The van der Waals surface area contributed by atoms with Gasteiger partial charge in [-0.15, -0.1) is 10.2 Å². The third-order valence-electron chi connectivity index (χ3n) is 2.62. The molecular weight excluding hydrogens is 282 g/mol. The van der Waals surface area contributed by atoms with Crippen molar-refractivity contribution in [3.05, 3.63) is 35.3 Å². The number of aromatic nitrogens is 2. The molecule has 0 saturated carbocycles. The van der Waals surface area contributed by atoms with Crippen molar-refractivity contribution in [1.82, 2.24) is 10.2 Å². The summed E-state index contributed by atoms with van der Waals surface area (Å²) in [7, 11) is 0. The first kappa shape index (κ1) is 14.8. The Morgan fingerprint density at radius 1 is 1.10 bits per heavy atom. The molecule has 3 atom stereocenters. The molecule has 0 aliphatic heterocycles. The summed E-state index contributed by atoms with van der Waals surface area (Å²) in [6.07, 6.45) is -4.35. The first-order valence-corrected chi connectivity index (χ1v) is 6.74. The fourth-order valence-electron chi connectivity index (χ4n) is 1.51. The molecule has 8 heteroatoms. The molecule has 1 aromatic heterocycles. The molecule has 7 nitrogen and oxygen atoms in total. The summed E-state index contributed by atoms with van der Waals surface area (Å²) < 4.78 is 0. The molecule has 5 N–H and O–H groups in total. The van der Waals surface area contributed by atoms with E-state index in [-0.39, 0.29) is 5.01 Å². The van der Waals surface area contributed by atoms with Crippen molar-refractivity contribution in [2.75, 3.05) is 11.9 Å². The molecule has 0 amide bonds. The average molecular weight is 297 g/mol. The molecule has 0 spiro atoms. The molecule has 1 aromatic carbocycles. The van der Waals surface area contributed by atoms with E-state index >= 15 is 0 Å². The monoisotopic (exact) mass is 297 g/mol. The lowest BCUT2D eigenvalue weighted by Gasteiger charge is -2.19. The highest BCUT2D eigenvalue weighted by Crippen LogP contribution is 2.27. The predicted molar refractivity (Wildman–Crippen MR) is 73.7 cm³/mol. The Morgan fingerprint density at radius 3 is 2.45 bits per heavy atom. The number of rotatable bonds is 6. The lowest BCUT2D eigenvalue weighted by Crippen LogP contribution is -2.34. The minimum atomic E-state index is -1.52. The van der Waals surface area contributed by atoms with E-state index in [0.717, 1.165) is 17.0 Å². The number of nitrogens with zero attached hydrogens (tertiary/aromatic N) is 2. The summed E-state index contributed by atoms with van der Waals surface area (Å²) in [4.78, 5) is 0. The first-order chi connectivity index (χ1) is 9.61. The highest BCUT2D eigenvalue weighted by atomic mass is 32.1. The third kappa shape index (κ3) is 3.50. The Balaban J connectivity index is 2.05. The van der Waals surface area contributed by atoms with E-state index in [1.165, 1.54) is 0 Å². The van der Waals surface area contributed by atoms with Crippen LogP contribution in [0.5, 0.6) is 0 Å². The van der Waals surface area contributed by atoms with Crippen LogP contribution in [0.25, 0.3) is 0 Å². The van der Waals surface area contributed by atoms with Crippen LogP contribution in [-0.2, 0) is 0 Å². The zero-order valence-corrected chi connectivity index (χ0v) is 11.2.